The Hall–Kier alpha value is -1.27. The minimum atomic E-state index is -0.275. The number of rotatable bonds is 5. The lowest BCUT2D eigenvalue weighted by atomic mass is 10.4. The van der Waals surface area contributed by atoms with Gasteiger partial charge in [-0.25, -0.2) is 4.79 Å². The number of thioether (sulfide) groups is 1. The summed E-state index contributed by atoms with van der Waals surface area (Å²) in [7, 11) is 1.39. The first-order chi connectivity index (χ1) is 8.29. The molecule has 0 aliphatic carbocycles. The molecule has 2 aromatic heterocycles. The van der Waals surface area contributed by atoms with E-state index in [1.165, 1.54) is 18.4 Å². The molecular weight excluding hydrogens is 258 g/mol. The number of thiophene rings is 1. The van der Waals surface area contributed by atoms with Gasteiger partial charge in [0.1, 0.15) is 11.1 Å². The van der Waals surface area contributed by atoms with Gasteiger partial charge in [-0.2, -0.15) is 0 Å². The van der Waals surface area contributed by atoms with Crippen molar-refractivity contribution in [2.45, 2.75) is 11.5 Å². The third kappa shape index (κ3) is 3.34. The molecule has 90 valence electrons. The predicted octanol–water partition coefficient (Wildman–Crippen LogP) is 2.96. The van der Waals surface area contributed by atoms with Crippen molar-refractivity contribution >= 4 is 29.1 Å². The van der Waals surface area contributed by atoms with Crippen LogP contribution in [-0.4, -0.2) is 18.2 Å². The summed E-state index contributed by atoms with van der Waals surface area (Å²) in [6.07, 6.45) is 1.57. The van der Waals surface area contributed by atoms with Crippen LogP contribution in [0, 0.1) is 0 Å². The zero-order valence-corrected chi connectivity index (χ0v) is 10.8. The molecule has 0 aliphatic rings. The van der Waals surface area contributed by atoms with Gasteiger partial charge in [-0.3, -0.25) is 0 Å². The van der Waals surface area contributed by atoms with Gasteiger partial charge in [0, 0.05) is 22.4 Å². The normalized spacial score (nSPS) is 10.4. The van der Waals surface area contributed by atoms with Crippen LogP contribution in [0.5, 0.6) is 0 Å². The highest BCUT2D eigenvalue weighted by atomic mass is 32.2. The van der Waals surface area contributed by atoms with E-state index in [0.29, 0.717) is 4.88 Å². The fraction of sp³-hybridized carbons (Fsp3) is 0.273. The number of carbonyl (C=O) groups is 1. The van der Waals surface area contributed by atoms with Gasteiger partial charge in [0.05, 0.1) is 12.8 Å². The Morgan fingerprint density at radius 2 is 2.35 bits per heavy atom. The standard InChI is InChI=1S/C11H11NO3S2/c1-14-11(13)10-3-2-9(17-10)7-16-6-8-4-5-15-12-8/h2-5H,6-7H2,1H3. The third-order valence-electron chi connectivity index (χ3n) is 2.03. The fourth-order valence-electron chi connectivity index (χ4n) is 1.23. The molecule has 6 heteroatoms. The van der Waals surface area contributed by atoms with Crippen LogP contribution in [0.1, 0.15) is 20.2 Å². The summed E-state index contributed by atoms with van der Waals surface area (Å²) >= 11 is 3.20. The van der Waals surface area contributed by atoms with Crippen LogP contribution in [0.3, 0.4) is 0 Å². The first-order valence-electron chi connectivity index (χ1n) is 4.93. The van der Waals surface area contributed by atoms with Gasteiger partial charge < -0.3 is 9.26 Å². The summed E-state index contributed by atoms with van der Waals surface area (Å²) in [5, 5.41) is 3.83. The van der Waals surface area contributed by atoms with Gasteiger partial charge in [0.2, 0.25) is 0 Å². The van der Waals surface area contributed by atoms with E-state index in [1.807, 2.05) is 12.1 Å². The van der Waals surface area contributed by atoms with Crippen LogP contribution in [0.2, 0.25) is 0 Å². The quantitative estimate of drug-likeness (QED) is 0.781. The van der Waals surface area contributed by atoms with Crippen LogP contribution < -0.4 is 0 Å². The Labute approximate surface area is 107 Å². The molecule has 0 amide bonds. The number of carbonyl (C=O) groups excluding carboxylic acids is 1. The van der Waals surface area contributed by atoms with E-state index in [0.717, 1.165) is 22.1 Å². The highest BCUT2D eigenvalue weighted by Crippen LogP contribution is 2.23. The van der Waals surface area contributed by atoms with Gasteiger partial charge >= 0.3 is 5.97 Å². The average Bonchev–Trinajstić information content (AvgIpc) is 2.99. The van der Waals surface area contributed by atoms with Crippen molar-refractivity contribution in [3.8, 4) is 0 Å². The first-order valence-corrected chi connectivity index (χ1v) is 6.90. The van der Waals surface area contributed by atoms with Crippen molar-refractivity contribution in [1.29, 1.82) is 0 Å². The summed E-state index contributed by atoms with van der Waals surface area (Å²) in [6.45, 7) is 0. The maximum atomic E-state index is 11.2. The minimum absolute atomic E-state index is 0.275. The van der Waals surface area contributed by atoms with Gasteiger partial charge in [0.25, 0.3) is 0 Å². The van der Waals surface area contributed by atoms with Crippen LogP contribution in [0.15, 0.2) is 29.0 Å². The summed E-state index contributed by atoms with van der Waals surface area (Å²) in [5.74, 6) is 1.39. The van der Waals surface area contributed by atoms with E-state index in [9.17, 15) is 4.79 Å². The van der Waals surface area contributed by atoms with Crippen molar-refractivity contribution < 1.29 is 14.1 Å². The summed E-state index contributed by atoms with van der Waals surface area (Å²) in [6, 6.07) is 5.59. The highest BCUT2D eigenvalue weighted by Gasteiger charge is 2.08. The molecule has 17 heavy (non-hydrogen) atoms. The zero-order valence-electron chi connectivity index (χ0n) is 9.21. The lowest BCUT2D eigenvalue weighted by Crippen LogP contribution is -1.96. The molecule has 0 aliphatic heterocycles. The van der Waals surface area contributed by atoms with Crippen LogP contribution in [-0.2, 0) is 16.2 Å². The van der Waals surface area contributed by atoms with Crippen molar-refractivity contribution in [1.82, 2.24) is 5.16 Å². The molecule has 0 saturated carbocycles. The van der Waals surface area contributed by atoms with Gasteiger partial charge in [-0.1, -0.05) is 5.16 Å². The Morgan fingerprint density at radius 1 is 1.47 bits per heavy atom. The smallest absolute Gasteiger partial charge is 0.348 e. The molecule has 0 N–H and O–H groups in total. The maximum absolute atomic E-state index is 11.2. The second-order valence-corrected chi connectivity index (χ2v) is 5.40. The van der Waals surface area contributed by atoms with E-state index < -0.39 is 0 Å². The third-order valence-corrected chi connectivity index (χ3v) is 4.30. The summed E-state index contributed by atoms with van der Waals surface area (Å²) in [5.41, 5.74) is 0.930. The highest BCUT2D eigenvalue weighted by molar-refractivity contribution is 7.97. The second kappa shape index (κ2) is 5.88. The number of methoxy groups -OCH3 is 1. The largest absolute Gasteiger partial charge is 0.465 e. The Balaban J connectivity index is 1.83. The number of esters is 1. The monoisotopic (exact) mass is 269 g/mol. The summed E-state index contributed by atoms with van der Waals surface area (Å²) < 4.78 is 9.40. The number of ether oxygens (including phenoxy) is 1. The van der Waals surface area contributed by atoms with Gasteiger partial charge in [-0.05, 0) is 12.1 Å². The molecule has 0 radical (unpaired) electrons. The topological polar surface area (TPSA) is 52.3 Å². The van der Waals surface area contributed by atoms with E-state index in [1.54, 1.807) is 24.1 Å². The predicted molar refractivity (Wildman–Crippen MR) is 67.2 cm³/mol. The van der Waals surface area contributed by atoms with Crippen molar-refractivity contribution in [2.24, 2.45) is 0 Å². The van der Waals surface area contributed by atoms with Crippen LogP contribution in [0.4, 0.5) is 0 Å². The van der Waals surface area contributed by atoms with Crippen molar-refractivity contribution in [3.63, 3.8) is 0 Å². The van der Waals surface area contributed by atoms with Crippen molar-refractivity contribution in [3.05, 3.63) is 39.9 Å². The molecule has 4 nitrogen and oxygen atoms in total. The molecule has 0 atom stereocenters. The molecule has 0 aromatic carbocycles. The minimum Gasteiger partial charge on any atom is -0.465 e. The summed E-state index contributed by atoms with van der Waals surface area (Å²) in [4.78, 5) is 13.0. The van der Waals surface area contributed by atoms with E-state index in [2.05, 4.69) is 9.89 Å². The van der Waals surface area contributed by atoms with E-state index in [4.69, 9.17) is 4.52 Å². The molecule has 0 unspecified atom stereocenters. The molecule has 2 heterocycles. The average molecular weight is 269 g/mol. The van der Waals surface area contributed by atoms with E-state index >= 15 is 0 Å². The number of hydrogen-bond donors (Lipinski definition) is 0. The first kappa shape index (κ1) is 12.2. The van der Waals surface area contributed by atoms with Crippen LogP contribution >= 0.6 is 23.1 Å². The molecule has 2 rings (SSSR count). The van der Waals surface area contributed by atoms with Gasteiger partial charge in [-0.15, -0.1) is 23.1 Å². The number of hydrogen-bond acceptors (Lipinski definition) is 6. The zero-order chi connectivity index (χ0) is 12.1. The Kier molecular flexibility index (Phi) is 4.22. The second-order valence-electron chi connectivity index (χ2n) is 3.24. The lowest BCUT2D eigenvalue weighted by molar-refractivity contribution is 0.0606. The Morgan fingerprint density at radius 3 is 3.06 bits per heavy atom. The van der Waals surface area contributed by atoms with E-state index in [-0.39, 0.29) is 5.97 Å². The molecule has 0 saturated heterocycles. The Bertz CT molecular complexity index is 479. The number of nitrogens with zero attached hydrogens (tertiary/aromatic N) is 1. The van der Waals surface area contributed by atoms with Crippen molar-refractivity contribution in [2.75, 3.05) is 7.11 Å². The lowest BCUT2D eigenvalue weighted by Gasteiger charge is -1.95. The molecule has 0 bridgehead atoms. The maximum Gasteiger partial charge on any atom is 0.348 e. The van der Waals surface area contributed by atoms with Crippen LogP contribution in [0.25, 0.3) is 0 Å². The molecule has 0 spiro atoms. The number of aromatic nitrogens is 1. The fourth-order valence-corrected chi connectivity index (χ4v) is 3.20. The van der Waals surface area contributed by atoms with Gasteiger partial charge in [0.15, 0.2) is 0 Å². The molecule has 2 aromatic rings. The molecular formula is C11H11NO3S2. The molecule has 0 fully saturated rings. The SMILES string of the molecule is COC(=O)c1ccc(CSCc2ccon2)s1.